The maximum Gasteiger partial charge on any atom is 0.211 e. The van der Waals surface area contributed by atoms with E-state index in [0.29, 0.717) is 16.8 Å². The predicted octanol–water partition coefficient (Wildman–Crippen LogP) is 11.5. The van der Waals surface area contributed by atoms with E-state index in [1.165, 1.54) is 0 Å². The number of aromatic nitrogens is 2. The number of nitrogens with zero attached hydrogens (tertiary/aromatic N) is 5. The molecule has 5 heteroatoms. The summed E-state index contributed by atoms with van der Waals surface area (Å²) in [6.07, 6.45) is 0. The Balaban J connectivity index is 1.20. The van der Waals surface area contributed by atoms with Gasteiger partial charge in [-0.25, -0.2) is 4.85 Å². The Kier molecular flexibility index (Phi) is 6.56. The van der Waals surface area contributed by atoms with Gasteiger partial charge in [0.05, 0.1) is 57.6 Å². The quantitative estimate of drug-likeness (QED) is 0.181. The first-order valence-corrected chi connectivity index (χ1v) is 16.3. The lowest BCUT2D eigenvalue weighted by Gasteiger charge is -2.16. The molecule has 230 valence electrons. The summed E-state index contributed by atoms with van der Waals surface area (Å²) < 4.78 is 4.37. The third kappa shape index (κ3) is 4.31. The molecule has 0 amide bonds. The molecule has 2 heterocycles. The topological polar surface area (TPSA) is 61.8 Å². The molecule has 0 bridgehead atoms. The van der Waals surface area contributed by atoms with E-state index in [2.05, 4.69) is 86.8 Å². The van der Waals surface area contributed by atoms with E-state index >= 15 is 0 Å². The highest BCUT2D eigenvalue weighted by Crippen LogP contribution is 2.41. The van der Waals surface area contributed by atoms with Crippen molar-refractivity contribution in [2.24, 2.45) is 0 Å². The largest absolute Gasteiger partial charge is 0.318 e. The highest BCUT2D eigenvalue weighted by atomic mass is 15.0. The molecule has 50 heavy (non-hydrogen) atoms. The van der Waals surface area contributed by atoms with Gasteiger partial charge in [0.25, 0.3) is 0 Å². The molecule has 0 saturated carbocycles. The van der Waals surface area contributed by atoms with E-state index in [4.69, 9.17) is 6.57 Å². The zero-order chi connectivity index (χ0) is 33.8. The monoisotopic (exact) mass is 635 g/mol. The molecule has 0 aliphatic carbocycles. The third-order valence-electron chi connectivity index (χ3n) is 9.61. The van der Waals surface area contributed by atoms with Crippen LogP contribution in [0.25, 0.3) is 82.1 Å². The Hall–Kier alpha value is -7.39. The highest BCUT2D eigenvalue weighted by molar-refractivity contribution is 6.14. The van der Waals surface area contributed by atoms with Crippen LogP contribution in [0.3, 0.4) is 0 Å². The maximum atomic E-state index is 10.5. The second-order valence-corrected chi connectivity index (χ2v) is 12.3. The van der Waals surface area contributed by atoms with Crippen molar-refractivity contribution >= 4 is 49.3 Å². The third-order valence-corrected chi connectivity index (χ3v) is 9.61. The Labute approximate surface area is 288 Å². The average Bonchev–Trinajstić information content (AvgIpc) is 3.70. The summed E-state index contributed by atoms with van der Waals surface area (Å²) in [6, 6.07) is 55.5. The zero-order valence-corrected chi connectivity index (χ0v) is 26.7. The number of hydrogen-bond donors (Lipinski definition) is 0. The number of fused-ring (bicyclic) bond motifs is 6. The Morgan fingerprint density at radius 2 is 1.16 bits per heavy atom. The van der Waals surface area contributed by atoms with Gasteiger partial charge in [0, 0.05) is 27.4 Å². The van der Waals surface area contributed by atoms with Crippen LogP contribution in [0.2, 0.25) is 0 Å². The average molecular weight is 636 g/mol. The summed E-state index contributed by atoms with van der Waals surface area (Å²) in [6.45, 7) is 7.97. The summed E-state index contributed by atoms with van der Waals surface area (Å²) in [7, 11) is 0. The molecular weight excluding hydrogens is 611 g/mol. The molecule has 0 aliphatic rings. The van der Waals surface area contributed by atoms with Gasteiger partial charge in [-0.1, -0.05) is 97.1 Å². The Morgan fingerprint density at radius 1 is 0.500 bits per heavy atom. The number of hydrogen-bond acceptors (Lipinski definition) is 2. The van der Waals surface area contributed by atoms with Gasteiger partial charge in [0.2, 0.25) is 5.69 Å². The number of nitriles is 2. The lowest BCUT2D eigenvalue weighted by molar-refractivity contribution is 1.18. The molecule has 7 aromatic carbocycles. The minimum Gasteiger partial charge on any atom is -0.318 e. The standard InChI is InChI=1S/C45H25N5/c1-48-40-16-9-15-38-36-13-3-7-19-43(36)50(45(38)40)41-17-5-2-12-35(41)31-11-8-10-30(25-31)34-22-21-33(26-32(34)28-47)49-42-18-6-4-14-37(42)39-24-29(27-46)20-23-44(39)49/h2-26H. The Bertz CT molecular complexity index is 2970. The van der Waals surface area contributed by atoms with E-state index in [-0.39, 0.29) is 0 Å². The smallest absolute Gasteiger partial charge is 0.211 e. The van der Waals surface area contributed by atoms with Gasteiger partial charge < -0.3 is 9.13 Å². The number of rotatable bonds is 4. The van der Waals surface area contributed by atoms with Crippen molar-refractivity contribution in [2.75, 3.05) is 0 Å². The SMILES string of the molecule is [C-]#[N+]c1cccc2c3ccccc3n(-c3ccccc3-c3cccc(-c4ccc(-n5c6ccccc6c6cc(C#N)ccc65)cc4C#N)c3)c12. The Morgan fingerprint density at radius 3 is 1.94 bits per heavy atom. The molecule has 0 saturated heterocycles. The van der Waals surface area contributed by atoms with Crippen LogP contribution in [0.1, 0.15) is 11.1 Å². The van der Waals surface area contributed by atoms with Crippen LogP contribution in [0, 0.1) is 29.2 Å². The van der Waals surface area contributed by atoms with Gasteiger partial charge >= 0.3 is 0 Å². The van der Waals surface area contributed by atoms with Crippen LogP contribution in [0.4, 0.5) is 5.69 Å². The molecule has 2 aromatic heterocycles. The van der Waals surface area contributed by atoms with Crippen molar-refractivity contribution in [1.29, 1.82) is 10.5 Å². The van der Waals surface area contributed by atoms with E-state index in [0.717, 1.165) is 77.2 Å². The summed E-state index contributed by atoms with van der Waals surface area (Å²) in [4.78, 5) is 3.91. The minimum atomic E-state index is 0.566. The first-order valence-electron chi connectivity index (χ1n) is 16.3. The summed E-state index contributed by atoms with van der Waals surface area (Å²) in [5.74, 6) is 0. The molecule has 0 atom stereocenters. The molecule has 0 aliphatic heterocycles. The van der Waals surface area contributed by atoms with E-state index in [1.54, 1.807) is 0 Å². The van der Waals surface area contributed by atoms with Crippen molar-refractivity contribution in [3.63, 3.8) is 0 Å². The summed E-state index contributed by atoms with van der Waals surface area (Å²) in [5, 5.41) is 24.2. The van der Waals surface area contributed by atoms with Gasteiger partial charge in [-0.05, 0) is 76.7 Å². The molecule has 0 spiro atoms. The lowest BCUT2D eigenvalue weighted by atomic mass is 9.95. The zero-order valence-electron chi connectivity index (χ0n) is 26.7. The van der Waals surface area contributed by atoms with Crippen LogP contribution in [0.5, 0.6) is 0 Å². The second kappa shape index (κ2) is 11.4. The summed E-state index contributed by atoms with van der Waals surface area (Å²) in [5.41, 5.74) is 11.4. The van der Waals surface area contributed by atoms with Gasteiger partial charge in [-0.3, -0.25) is 0 Å². The molecule has 0 N–H and O–H groups in total. The van der Waals surface area contributed by atoms with Crippen molar-refractivity contribution < 1.29 is 0 Å². The van der Waals surface area contributed by atoms with Crippen molar-refractivity contribution in [3.8, 4) is 45.8 Å². The van der Waals surface area contributed by atoms with Gasteiger partial charge in [-0.2, -0.15) is 10.5 Å². The van der Waals surface area contributed by atoms with Crippen molar-refractivity contribution in [1.82, 2.24) is 9.13 Å². The van der Waals surface area contributed by atoms with Crippen LogP contribution in [-0.4, -0.2) is 9.13 Å². The normalized spacial score (nSPS) is 11.1. The van der Waals surface area contributed by atoms with E-state index in [9.17, 15) is 10.5 Å². The predicted molar refractivity (Wildman–Crippen MR) is 202 cm³/mol. The van der Waals surface area contributed by atoms with Gasteiger partial charge in [-0.15, -0.1) is 0 Å². The van der Waals surface area contributed by atoms with Gasteiger partial charge in [0.15, 0.2) is 0 Å². The highest BCUT2D eigenvalue weighted by Gasteiger charge is 2.19. The fourth-order valence-electron chi connectivity index (χ4n) is 7.44. The molecule has 5 nitrogen and oxygen atoms in total. The van der Waals surface area contributed by atoms with Gasteiger partial charge in [0.1, 0.15) is 0 Å². The summed E-state index contributed by atoms with van der Waals surface area (Å²) >= 11 is 0. The van der Waals surface area contributed by atoms with Crippen LogP contribution in [-0.2, 0) is 0 Å². The number of benzene rings is 7. The van der Waals surface area contributed by atoms with Crippen molar-refractivity contribution in [3.05, 3.63) is 174 Å². The molecule has 0 fully saturated rings. The molecule has 9 rings (SSSR count). The molecule has 9 aromatic rings. The number of para-hydroxylation sites is 4. The van der Waals surface area contributed by atoms with E-state index in [1.807, 2.05) is 91.0 Å². The lowest BCUT2D eigenvalue weighted by Crippen LogP contribution is -1.98. The second-order valence-electron chi connectivity index (χ2n) is 12.3. The maximum absolute atomic E-state index is 10.5. The molecule has 0 radical (unpaired) electrons. The molecular formula is C45H25N5. The first-order chi connectivity index (χ1) is 24.7. The van der Waals surface area contributed by atoms with Crippen LogP contribution < -0.4 is 0 Å². The van der Waals surface area contributed by atoms with Crippen molar-refractivity contribution in [2.45, 2.75) is 0 Å². The molecule has 0 unspecified atom stereocenters. The fourth-order valence-corrected chi connectivity index (χ4v) is 7.44. The van der Waals surface area contributed by atoms with Crippen LogP contribution in [0.15, 0.2) is 152 Å². The van der Waals surface area contributed by atoms with E-state index < -0.39 is 0 Å². The first kappa shape index (κ1) is 28.8. The minimum absolute atomic E-state index is 0.566. The fraction of sp³-hybridized carbons (Fsp3) is 0. The van der Waals surface area contributed by atoms with Crippen LogP contribution >= 0.6 is 0 Å².